The van der Waals surface area contributed by atoms with Crippen LogP contribution in [0.25, 0.3) is 0 Å². The van der Waals surface area contributed by atoms with Crippen LogP contribution >= 0.6 is 22.9 Å². The average molecular weight is 334 g/mol. The van der Waals surface area contributed by atoms with Crippen LogP contribution in [0.2, 0.25) is 0 Å². The van der Waals surface area contributed by atoms with Gasteiger partial charge in [-0.25, -0.2) is 0 Å². The van der Waals surface area contributed by atoms with Gasteiger partial charge in [-0.1, -0.05) is 0 Å². The Labute approximate surface area is 79.4 Å². The number of halogens is 1. The van der Waals surface area contributed by atoms with Crippen LogP contribution in [0.5, 0.6) is 0 Å². The summed E-state index contributed by atoms with van der Waals surface area (Å²) < 4.78 is 1.73. The minimum absolute atomic E-state index is 0. The van der Waals surface area contributed by atoms with Crippen LogP contribution in [0.4, 0.5) is 0 Å². The van der Waals surface area contributed by atoms with Gasteiger partial charge in [-0.15, -0.1) is 0 Å². The van der Waals surface area contributed by atoms with Crippen molar-refractivity contribution in [3.8, 4) is 0 Å². The van der Waals surface area contributed by atoms with Crippen molar-refractivity contribution in [2.24, 2.45) is 0 Å². The van der Waals surface area contributed by atoms with Crippen LogP contribution in [-0.4, -0.2) is 39.5 Å². The first-order valence-corrected chi connectivity index (χ1v) is 3.23. The third-order valence-electron chi connectivity index (χ3n) is 1.02. The Hall–Kier alpha value is 0.999. The summed E-state index contributed by atoms with van der Waals surface area (Å²) in [5, 5.41) is 0. The molecule has 1 fully saturated rings. The quantitative estimate of drug-likeness (QED) is 0.333. The molecular formula is C4H10INOSn. The van der Waals surface area contributed by atoms with E-state index in [0.29, 0.717) is 0 Å². The molecule has 48 valence electrons. The van der Waals surface area contributed by atoms with Crippen molar-refractivity contribution in [2.45, 2.75) is 12.8 Å². The number of hydrogen-bond donors (Lipinski definition) is 0. The van der Waals surface area contributed by atoms with Crippen molar-refractivity contribution < 1.29 is 4.79 Å². The molecule has 0 spiro atoms. The number of amides is 1. The Bertz CT molecular complexity index is 98.0. The molecular weight excluding hydrogens is 324 g/mol. The Balaban J connectivity index is 0.000000490. The molecule has 1 saturated heterocycles. The number of carbonyl (C=O) groups excluding carboxylic acids is 1. The summed E-state index contributed by atoms with van der Waals surface area (Å²) in [5.74, 6) is 0.278. The average Bonchev–Trinajstić information content (AvgIpc) is 1.91. The molecule has 0 aliphatic carbocycles. The summed E-state index contributed by atoms with van der Waals surface area (Å²) in [6, 6.07) is 0. The van der Waals surface area contributed by atoms with Crippen molar-refractivity contribution in [1.82, 2.24) is 3.11 Å². The molecule has 0 unspecified atom stereocenters. The molecule has 0 N–H and O–H groups in total. The fourth-order valence-corrected chi connectivity index (χ4v) is 1.20. The topological polar surface area (TPSA) is 20.3 Å². The van der Waals surface area contributed by atoms with E-state index in [1.54, 1.807) is 3.11 Å². The van der Waals surface area contributed by atoms with Gasteiger partial charge in [0.25, 0.3) is 0 Å². The molecule has 0 aromatic heterocycles. The maximum absolute atomic E-state index is 10.5. The molecule has 1 amide bonds. The van der Waals surface area contributed by atoms with E-state index in [-0.39, 0.29) is 29.8 Å². The molecule has 0 atom stereocenters. The van der Waals surface area contributed by atoms with Gasteiger partial charge in [0, 0.05) is 13.0 Å². The minimum atomic E-state index is 0. The summed E-state index contributed by atoms with van der Waals surface area (Å²) in [6.07, 6.45) is 1.80. The van der Waals surface area contributed by atoms with Crippen molar-refractivity contribution in [1.29, 1.82) is 0 Å². The Morgan fingerprint density at radius 1 is 1.62 bits per heavy atom. The molecule has 2 nitrogen and oxygen atoms in total. The molecule has 0 radical (unpaired) electrons. The van der Waals surface area contributed by atoms with Crippen molar-refractivity contribution in [3.05, 3.63) is 0 Å². The van der Waals surface area contributed by atoms with E-state index in [0.717, 1.165) is 19.4 Å². The molecule has 4 heteroatoms. The van der Waals surface area contributed by atoms with E-state index in [1.165, 1.54) is 0 Å². The summed E-state index contributed by atoms with van der Waals surface area (Å²) in [4.78, 5) is 10.5. The van der Waals surface area contributed by atoms with Crippen LogP contribution in [-0.2, 0) is 4.79 Å². The summed E-state index contributed by atoms with van der Waals surface area (Å²) >= 11 is 2.04. The third-order valence-corrected chi connectivity index (χ3v) is 2.04. The van der Waals surface area contributed by atoms with E-state index in [2.05, 4.69) is 0 Å². The van der Waals surface area contributed by atoms with E-state index in [9.17, 15) is 4.79 Å². The van der Waals surface area contributed by atoms with Gasteiger partial charge >= 0.3 is 23.9 Å². The molecule has 0 bridgehead atoms. The zero-order valence-corrected chi connectivity index (χ0v) is 6.01. The molecule has 0 saturated carbocycles. The molecule has 0 aromatic rings. The molecule has 8 heavy (non-hydrogen) atoms. The normalized spacial score (nSPS) is 18.6. The first kappa shape index (κ1) is 9.00. The monoisotopic (exact) mass is 335 g/mol. The van der Waals surface area contributed by atoms with Gasteiger partial charge in [0.1, 0.15) is 0 Å². The second-order valence-corrected chi connectivity index (χ2v) is 2.75. The predicted molar refractivity (Wildman–Crippen MR) is 46.3 cm³/mol. The molecule has 1 rings (SSSR count). The van der Waals surface area contributed by atoms with Gasteiger partial charge in [0.15, 0.2) is 0 Å². The number of carbonyl (C=O) groups is 1. The molecule has 1 aliphatic rings. The fraction of sp³-hybridized carbons (Fsp3) is 0.750. The SMILES string of the molecule is O=C1CCCN1I.[SnH4]. The van der Waals surface area contributed by atoms with Crippen LogP contribution in [0.15, 0.2) is 0 Å². The van der Waals surface area contributed by atoms with Gasteiger partial charge in [-0.05, 0) is 6.42 Å². The van der Waals surface area contributed by atoms with Gasteiger partial charge in [0.2, 0.25) is 5.91 Å². The number of hydrogen-bond acceptors (Lipinski definition) is 1. The van der Waals surface area contributed by atoms with Crippen LogP contribution in [0.3, 0.4) is 0 Å². The molecule has 1 aliphatic heterocycles. The molecule has 0 aromatic carbocycles. The molecule has 1 heterocycles. The Morgan fingerprint density at radius 3 is 2.38 bits per heavy atom. The first-order valence-electron chi connectivity index (χ1n) is 2.27. The van der Waals surface area contributed by atoms with E-state index < -0.39 is 0 Å². The summed E-state index contributed by atoms with van der Waals surface area (Å²) in [5.41, 5.74) is 0. The first-order chi connectivity index (χ1) is 3.30. The zero-order valence-electron chi connectivity index (χ0n) is 3.85. The second-order valence-electron chi connectivity index (χ2n) is 1.58. The van der Waals surface area contributed by atoms with E-state index in [4.69, 9.17) is 0 Å². The van der Waals surface area contributed by atoms with Gasteiger partial charge < -0.3 is 0 Å². The second kappa shape index (κ2) is 3.92. The van der Waals surface area contributed by atoms with Crippen molar-refractivity contribution >= 4 is 52.7 Å². The Kier molecular flexibility index (Phi) is 4.41. The van der Waals surface area contributed by atoms with E-state index in [1.807, 2.05) is 22.9 Å². The fourth-order valence-electron chi connectivity index (χ4n) is 0.615. The van der Waals surface area contributed by atoms with Crippen molar-refractivity contribution in [3.63, 3.8) is 0 Å². The van der Waals surface area contributed by atoms with Gasteiger partial charge in [-0.2, -0.15) is 0 Å². The van der Waals surface area contributed by atoms with Gasteiger partial charge in [-0.3, -0.25) is 7.91 Å². The van der Waals surface area contributed by atoms with Crippen LogP contribution < -0.4 is 0 Å². The summed E-state index contributed by atoms with van der Waals surface area (Å²) in [6.45, 7) is 0.944. The van der Waals surface area contributed by atoms with Crippen molar-refractivity contribution in [2.75, 3.05) is 6.54 Å². The number of rotatable bonds is 0. The Morgan fingerprint density at radius 2 is 2.25 bits per heavy atom. The predicted octanol–water partition coefficient (Wildman–Crippen LogP) is -0.493. The van der Waals surface area contributed by atoms with E-state index >= 15 is 0 Å². The third kappa shape index (κ3) is 2.08. The van der Waals surface area contributed by atoms with Crippen LogP contribution in [0.1, 0.15) is 12.8 Å². The van der Waals surface area contributed by atoms with Crippen LogP contribution in [0, 0.1) is 0 Å². The number of nitrogens with zero attached hydrogens (tertiary/aromatic N) is 1. The maximum atomic E-state index is 10.5. The zero-order chi connectivity index (χ0) is 5.28. The standard InChI is InChI=1S/C4H6INO.Sn.4H/c5-6-3-1-2-4(6)7;;;;;/h1-3H2;;;;;. The van der Waals surface area contributed by atoms with Gasteiger partial charge in [0.05, 0.1) is 22.9 Å². The summed E-state index contributed by atoms with van der Waals surface area (Å²) in [7, 11) is 0.